The van der Waals surface area contributed by atoms with Crippen LogP contribution in [-0.2, 0) is 4.79 Å². The van der Waals surface area contributed by atoms with Gasteiger partial charge in [0.05, 0.1) is 12.6 Å². The van der Waals surface area contributed by atoms with E-state index in [1.165, 1.54) is 0 Å². The van der Waals surface area contributed by atoms with Crippen molar-refractivity contribution in [1.29, 1.82) is 0 Å². The van der Waals surface area contributed by atoms with Gasteiger partial charge in [-0.05, 0) is 36.8 Å². The van der Waals surface area contributed by atoms with E-state index < -0.39 is 0 Å². The van der Waals surface area contributed by atoms with Crippen LogP contribution in [0.15, 0.2) is 59.1 Å². The summed E-state index contributed by atoms with van der Waals surface area (Å²) in [6.45, 7) is 2.65. The topological polar surface area (TPSA) is 38.3 Å². The van der Waals surface area contributed by atoms with Gasteiger partial charge in [-0.2, -0.15) is 11.8 Å². The summed E-state index contributed by atoms with van der Waals surface area (Å²) in [7, 11) is 0. The van der Waals surface area contributed by atoms with Crippen LogP contribution in [-0.4, -0.2) is 24.0 Å². The Morgan fingerprint density at radius 2 is 1.83 bits per heavy atom. The summed E-state index contributed by atoms with van der Waals surface area (Å²) in [6.07, 6.45) is 0.528. The second kappa shape index (κ2) is 10.4. The Hall–Kier alpha value is -1.46. The predicted octanol–water partition coefficient (Wildman–Crippen LogP) is 4.83. The first-order valence-electron chi connectivity index (χ1n) is 7.95. The van der Waals surface area contributed by atoms with Gasteiger partial charge in [-0.1, -0.05) is 46.3 Å². The monoisotopic (exact) mass is 407 g/mol. The predicted molar refractivity (Wildman–Crippen MR) is 105 cm³/mol. The highest BCUT2D eigenvalue weighted by Gasteiger charge is 2.08. The summed E-state index contributed by atoms with van der Waals surface area (Å²) in [6, 6.07) is 17.8. The molecule has 0 aliphatic heterocycles. The van der Waals surface area contributed by atoms with Gasteiger partial charge in [-0.25, -0.2) is 0 Å². The number of halogens is 1. The van der Waals surface area contributed by atoms with Gasteiger partial charge in [0.1, 0.15) is 5.75 Å². The van der Waals surface area contributed by atoms with Crippen LogP contribution in [0.25, 0.3) is 0 Å². The average molecular weight is 408 g/mol. The van der Waals surface area contributed by atoms with Crippen molar-refractivity contribution < 1.29 is 9.53 Å². The van der Waals surface area contributed by atoms with Gasteiger partial charge in [-0.3, -0.25) is 4.79 Å². The second-order valence-corrected chi connectivity index (χ2v) is 7.51. The molecule has 0 saturated carbocycles. The molecule has 0 unspecified atom stereocenters. The first kappa shape index (κ1) is 18.9. The molecule has 0 aliphatic carbocycles. The van der Waals surface area contributed by atoms with Crippen molar-refractivity contribution in [2.45, 2.75) is 19.4 Å². The molecule has 2 aromatic rings. The summed E-state index contributed by atoms with van der Waals surface area (Å²) in [5.41, 5.74) is 1.13. The Labute approximate surface area is 156 Å². The summed E-state index contributed by atoms with van der Waals surface area (Å²) in [5.74, 6) is 2.63. The normalized spacial score (nSPS) is 11.8. The molecule has 0 fully saturated rings. The molecule has 3 nitrogen and oxygen atoms in total. The minimum absolute atomic E-state index is 0.0458. The number of hydrogen-bond donors (Lipinski definition) is 1. The van der Waals surface area contributed by atoms with Gasteiger partial charge < -0.3 is 10.1 Å². The summed E-state index contributed by atoms with van der Waals surface area (Å²) < 4.78 is 6.69. The van der Waals surface area contributed by atoms with Gasteiger partial charge >= 0.3 is 0 Å². The summed E-state index contributed by atoms with van der Waals surface area (Å²) in [4.78, 5) is 12.0. The number of ether oxygens (including phenoxy) is 1. The largest absolute Gasteiger partial charge is 0.493 e. The molecule has 1 amide bonds. The number of amides is 1. The number of thioether (sulfide) groups is 1. The lowest BCUT2D eigenvalue weighted by molar-refractivity contribution is -0.121. The van der Waals surface area contributed by atoms with Crippen molar-refractivity contribution in [2.75, 3.05) is 18.1 Å². The lowest BCUT2D eigenvalue weighted by Gasteiger charge is -2.14. The quantitative estimate of drug-likeness (QED) is 0.604. The minimum atomic E-state index is 0.0458. The fraction of sp³-hybridized carbons (Fsp3) is 0.316. The molecule has 0 radical (unpaired) electrons. The second-order valence-electron chi connectivity index (χ2n) is 5.36. The van der Waals surface area contributed by atoms with E-state index in [1.807, 2.05) is 61.5 Å². The lowest BCUT2D eigenvalue weighted by atomic mass is 10.1. The van der Waals surface area contributed by atoms with Crippen LogP contribution in [0.5, 0.6) is 5.75 Å². The fourth-order valence-electron chi connectivity index (χ4n) is 2.15. The van der Waals surface area contributed by atoms with E-state index in [2.05, 4.69) is 21.2 Å². The van der Waals surface area contributed by atoms with Gasteiger partial charge in [0, 0.05) is 22.4 Å². The molecule has 0 saturated heterocycles. The van der Waals surface area contributed by atoms with E-state index in [4.69, 9.17) is 4.74 Å². The van der Waals surface area contributed by atoms with Crippen molar-refractivity contribution in [3.8, 4) is 5.75 Å². The van der Waals surface area contributed by atoms with Gasteiger partial charge in [0.15, 0.2) is 0 Å². The number of nitrogens with one attached hydrogen (secondary N) is 1. The molecule has 2 aromatic carbocycles. The molecule has 0 spiro atoms. The molecule has 0 bridgehead atoms. The van der Waals surface area contributed by atoms with Crippen LogP contribution < -0.4 is 10.1 Å². The molecule has 0 heterocycles. The highest BCUT2D eigenvalue weighted by Crippen LogP contribution is 2.16. The van der Waals surface area contributed by atoms with E-state index in [9.17, 15) is 4.79 Å². The zero-order valence-electron chi connectivity index (χ0n) is 13.7. The maximum absolute atomic E-state index is 12.0. The Bertz CT molecular complexity index is 619. The first-order valence-corrected chi connectivity index (χ1v) is 9.90. The molecule has 5 heteroatoms. The van der Waals surface area contributed by atoms with Crippen molar-refractivity contribution in [3.05, 3.63) is 64.6 Å². The van der Waals surface area contributed by atoms with Crippen LogP contribution in [0.2, 0.25) is 0 Å². The fourth-order valence-corrected chi connectivity index (χ4v) is 3.15. The third-order valence-electron chi connectivity index (χ3n) is 3.46. The van der Waals surface area contributed by atoms with Gasteiger partial charge in [0.25, 0.3) is 0 Å². The molecule has 24 heavy (non-hydrogen) atoms. The van der Waals surface area contributed by atoms with Crippen molar-refractivity contribution >= 4 is 33.6 Å². The lowest BCUT2D eigenvalue weighted by Crippen LogP contribution is -2.26. The first-order chi connectivity index (χ1) is 11.6. The third kappa shape index (κ3) is 6.97. The molecule has 1 N–H and O–H groups in total. The highest BCUT2D eigenvalue weighted by molar-refractivity contribution is 9.10. The number of hydrogen-bond acceptors (Lipinski definition) is 3. The molecular weight excluding hydrogens is 386 g/mol. The number of carbonyl (C=O) groups is 1. The smallest absolute Gasteiger partial charge is 0.221 e. The van der Waals surface area contributed by atoms with Crippen molar-refractivity contribution in [1.82, 2.24) is 5.32 Å². The number of carbonyl (C=O) groups excluding carboxylic acids is 1. The van der Waals surface area contributed by atoms with Crippen LogP contribution in [0.3, 0.4) is 0 Å². The molecule has 1 atom stereocenters. The Morgan fingerprint density at radius 1 is 1.12 bits per heavy atom. The maximum Gasteiger partial charge on any atom is 0.221 e. The minimum Gasteiger partial charge on any atom is -0.493 e. The van der Waals surface area contributed by atoms with Crippen LogP contribution >= 0.6 is 27.7 Å². The Morgan fingerprint density at radius 3 is 2.54 bits per heavy atom. The van der Waals surface area contributed by atoms with E-state index in [0.717, 1.165) is 27.3 Å². The van der Waals surface area contributed by atoms with Crippen LogP contribution in [0.4, 0.5) is 0 Å². The van der Waals surface area contributed by atoms with Crippen molar-refractivity contribution in [3.63, 3.8) is 0 Å². The molecule has 2 rings (SSSR count). The molecular formula is C19H22BrNO2S. The summed E-state index contributed by atoms with van der Waals surface area (Å²) in [5, 5.41) is 3.03. The van der Waals surface area contributed by atoms with E-state index in [0.29, 0.717) is 13.0 Å². The van der Waals surface area contributed by atoms with E-state index >= 15 is 0 Å². The maximum atomic E-state index is 12.0. The third-order valence-corrected chi connectivity index (χ3v) is 4.94. The number of rotatable bonds is 9. The van der Waals surface area contributed by atoms with Crippen LogP contribution in [0, 0.1) is 0 Å². The highest BCUT2D eigenvalue weighted by atomic mass is 79.9. The standard InChI is InChI=1S/C19H22BrNO2S/c1-15(16-5-3-2-4-6-16)21-19(22)11-13-24-14-12-23-18-9-7-17(20)8-10-18/h2-10,15H,11-14H2,1H3,(H,21,22)/t15-/m1/s1. The van der Waals surface area contributed by atoms with E-state index in [1.54, 1.807) is 11.8 Å². The zero-order chi connectivity index (χ0) is 17.2. The van der Waals surface area contributed by atoms with Crippen molar-refractivity contribution in [2.24, 2.45) is 0 Å². The Kier molecular flexibility index (Phi) is 8.19. The van der Waals surface area contributed by atoms with Gasteiger partial charge in [0.2, 0.25) is 5.91 Å². The SMILES string of the molecule is C[C@@H](NC(=O)CCSCCOc1ccc(Br)cc1)c1ccccc1. The van der Waals surface area contributed by atoms with E-state index in [-0.39, 0.29) is 11.9 Å². The summed E-state index contributed by atoms with van der Waals surface area (Å²) >= 11 is 5.13. The molecule has 0 aromatic heterocycles. The van der Waals surface area contributed by atoms with Crippen LogP contribution in [0.1, 0.15) is 24.9 Å². The number of benzene rings is 2. The molecule has 0 aliphatic rings. The van der Waals surface area contributed by atoms with Gasteiger partial charge in [-0.15, -0.1) is 0 Å². The zero-order valence-corrected chi connectivity index (χ0v) is 16.1. The average Bonchev–Trinajstić information content (AvgIpc) is 2.60. The molecule has 128 valence electrons. The Balaban J connectivity index is 1.55.